The van der Waals surface area contributed by atoms with Gasteiger partial charge in [0.2, 0.25) is 0 Å². The van der Waals surface area contributed by atoms with Crippen LogP contribution in [0.25, 0.3) is 22.2 Å². The number of nitrogens with two attached hydrogens (primary N) is 1. The Balaban J connectivity index is 1.47. The third-order valence-electron chi connectivity index (χ3n) is 6.66. The van der Waals surface area contributed by atoms with Crippen molar-refractivity contribution in [2.24, 2.45) is 5.10 Å². The van der Waals surface area contributed by atoms with Crippen LogP contribution in [-0.2, 0) is 11.8 Å². The molecule has 8 nitrogen and oxygen atoms in total. The summed E-state index contributed by atoms with van der Waals surface area (Å²) < 4.78 is 6.70. The molecule has 0 unspecified atom stereocenters. The van der Waals surface area contributed by atoms with E-state index in [1.165, 1.54) is 10.2 Å². The number of nitrogens with zero attached hydrogens (tertiary/aromatic N) is 4. The summed E-state index contributed by atoms with van der Waals surface area (Å²) in [6.45, 7) is 6.96. The molecule has 0 radical (unpaired) electrons. The Bertz CT molecular complexity index is 1660. The lowest BCUT2D eigenvalue weighted by atomic mass is 9.87. The van der Waals surface area contributed by atoms with Gasteiger partial charge in [0.05, 0.1) is 24.4 Å². The molecule has 2 aromatic heterocycles. The van der Waals surface area contributed by atoms with Gasteiger partial charge >= 0.3 is 0 Å². The molecule has 5 rings (SSSR count). The number of aromatic nitrogens is 3. The maximum atomic E-state index is 13.4. The predicted molar refractivity (Wildman–Crippen MR) is 157 cm³/mol. The van der Waals surface area contributed by atoms with Gasteiger partial charge in [-0.25, -0.2) is 9.97 Å². The fourth-order valence-electron chi connectivity index (χ4n) is 4.38. The zero-order chi connectivity index (χ0) is 27.6. The number of hydrogen-bond donors (Lipinski definition) is 2. The SMILES string of the molecule is COc1ccc(CCNC(=O)c2c(N)n(/N=C/c3ccc(C(C)(C)C)cc3)c3nc4ccccc4nc23)cc1. The number of fused-ring (bicyclic) bond motifs is 2. The van der Waals surface area contributed by atoms with E-state index < -0.39 is 0 Å². The van der Waals surface area contributed by atoms with E-state index >= 15 is 0 Å². The van der Waals surface area contributed by atoms with E-state index in [0.717, 1.165) is 16.9 Å². The van der Waals surface area contributed by atoms with Gasteiger partial charge in [0.1, 0.15) is 22.6 Å². The Labute approximate surface area is 227 Å². The second-order valence-corrected chi connectivity index (χ2v) is 10.4. The van der Waals surface area contributed by atoms with Crippen molar-refractivity contribution in [3.8, 4) is 5.75 Å². The first kappa shape index (κ1) is 25.9. The zero-order valence-corrected chi connectivity index (χ0v) is 22.6. The number of anilines is 1. The van der Waals surface area contributed by atoms with Crippen molar-refractivity contribution in [2.75, 3.05) is 19.4 Å². The summed E-state index contributed by atoms with van der Waals surface area (Å²) in [6.07, 6.45) is 2.37. The average molecular weight is 521 g/mol. The standard InChI is InChI=1S/C31H32N6O2/c1-31(2,3)22-13-9-21(10-14-22)19-34-37-28(32)26(27-29(37)36-25-8-6-5-7-24(25)35-27)30(38)33-18-17-20-11-15-23(39-4)16-12-20/h5-16,19H,17-18,32H2,1-4H3,(H,33,38)/b34-19+. The number of rotatable bonds is 7. The molecule has 0 aliphatic rings. The highest BCUT2D eigenvalue weighted by atomic mass is 16.5. The summed E-state index contributed by atoms with van der Waals surface area (Å²) >= 11 is 0. The first-order valence-corrected chi connectivity index (χ1v) is 12.9. The summed E-state index contributed by atoms with van der Waals surface area (Å²) in [7, 11) is 1.63. The van der Waals surface area contributed by atoms with Crippen LogP contribution in [0.3, 0.4) is 0 Å². The quantitative estimate of drug-likeness (QED) is 0.282. The highest BCUT2D eigenvalue weighted by Crippen LogP contribution is 2.28. The minimum absolute atomic E-state index is 0.0585. The number of carbonyl (C=O) groups excluding carboxylic acids is 1. The van der Waals surface area contributed by atoms with E-state index in [1.807, 2.05) is 60.7 Å². The molecule has 0 aliphatic heterocycles. The molecule has 5 aromatic rings. The number of nitrogens with one attached hydrogen (secondary N) is 1. The lowest BCUT2D eigenvalue weighted by Crippen LogP contribution is -2.26. The maximum absolute atomic E-state index is 13.4. The van der Waals surface area contributed by atoms with Gasteiger partial charge in [0.15, 0.2) is 5.65 Å². The van der Waals surface area contributed by atoms with Gasteiger partial charge in [-0.2, -0.15) is 9.78 Å². The summed E-state index contributed by atoms with van der Waals surface area (Å²) in [5.74, 6) is 0.656. The Morgan fingerprint density at radius 3 is 2.31 bits per heavy atom. The van der Waals surface area contributed by atoms with Crippen LogP contribution in [0.2, 0.25) is 0 Å². The molecule has 1 amide bonds. The number of benzene rings is 3. The van der Waals surface area contributed by atoms with Gasteiger partial charge in [-0.3, -0.25) is 4.79 Å². The molecule has 0 spiro atoms. The molecular weight excluding hydrogens is 488 g/mol. The Kier molecular flexibility index (Phi) is 7.02. The number of hydrogen-bond acceptors (Lipinski definition) is 6. The molecule has 2 heterocycles. The third-order valence-corrected chi connectivity index (χ3v) is 6.66. The Morgan fingerprint density at radius 2 is 1.67 bits per heavy atom. The summed E-state index contributed by atoms with van der Waals surface area (Å²) in [4.78, 5) is 22.9. The molecule has 8 heteroatoms. The van der Waals surface area contributed by atoms with E-state index in [9.17, 15) is 4.79 Å². The highest BCUT2D eigenvalue weighted by Gasteiger charge is 2.24. The number of carbonyl (C=O) groups is 1. The zero-order valence-electron chi connectivity index (χ0n) is 22.6. The second-order valence-electron chi connectivity index (χ2n) is 10.4. The second kappa shape index (κ2) is 10.6. The molecule has 0 atom stereocenters. The number of ether oxygens (including phenoxy) is 1. The fraction of sp³-hybridized carbons (Fsp3) is 0.226. The minimum Gasteiger partial charge on any atom is -0.497 e. The normalized spacial score (nSPS) is 11.9. The van der Waals surface area contributed by atoms with Gasteiger partial charge in [-0.05, 0) is 52.8 Å². The topological polar surface area (TPSA) is 107 Å². The monoisotopic (exact) mass is 520 g/mol. The molecule has 0 saturated heterocycles. The molecule has 3 N–H and O–H groups in total. The van der Waals surface area contributed by atoms with Crippen molar-refractivity contribution >= 4 is 40.1 Å². The first-order chi connectivity index (χ1) is 18.7. The van der Waals surface area contributed by atoms with E-state index in [4.69, 9.17) is 20.4 Å². The van der Waals surface area contributed by atoms with Crippen LogP contribution in [0.1, 0.15) is 47.8 Å². The number of nitrogen functional groups attached to an aromatic ring is 1. The summed E-state index contributed by atoms with van der Waals surface area (Å²) in [5, 5.41) is 7.60. The molecule has 39 heavy (non-hydrogen) atoms. The first-order valence-electron chi connectivity index (χ1n) is 12.9. The molecular formula is C31H32N6O2. The minimum atomic E-state index is -0.320. The van der Waals surface area contributed by atoms with Crippen LogP contribution in [-0.4, -0.2) is 40.4 Å². The van der Waals surface area contributed by atoms with Crippen LogP contribution in [0.4, 0.5) is 5.82 Å². The molecule has 0 saturated carbocycles. The van der Waals surface area contributed by atoms with E-state index in [1.54, 1.807) is 13.3 Å². The van der Waals surface area contributed by atoms with Crippen molar-refractivity contribution in [3.63, 3.8) is 0 Å². The van der Waals surface area contributed by atoms with Crippen molar-refractivity contribution in [1.82, 2.24) is 20.0 Å². The van der Waals surface area contributed by atoms with E-state index in [2.05, 4.69) is 43.3 Å². The summed E-state index contributed by atoms with van der Waals surface area (Å²) in [5.41, 5.74) is 12.3. The smallest absolute Gasteiger partial charge is 0.257 e. The van der Waals surface area contributed by atoms with Crippen LogP contribution < -0.4 is 15.8 Å². The maximum Gasteiger partial charge on any atom is 0.257 e. The predicted octanol–water partition coefficient (Wildman–Crippen LogP) is 5.33. The van der Waals surface area contributed by atoms with Crippen molar-refractivity contribution in [1.29, 1.82) is 0 Å². The van der Waals surface area contributed by atoms with Crippen molar-refractivity contribution < 1.29 is 9.53 Å². The molecule has 0 aliphatic carbocycles. The number of amides is 1. The summed E-state index contributed by atoms with van der Waals surface area (Å²) in [6, 6.07) is 23.5. The largest absolute Gasteiger partial charge is 0.497 e. The average Bonchev–Trinajstić information content (AvgIpc) is 3.20. The van der Waals surface area contributed by atoms with Crippen LogP contribution >= 0.6 is 0 Å². The van der Waals surface area contributed by atoms with Gasteiger partial charge < -0.3 is 15.8 Å². The van der Waals surface area contributed by atoms with Gasteiger partial charge in [-0.15, -0.1) is 0 Å². The fourth-order valence-corrected chi connectivity index (χ4v) is 4.38. The molecule has 0 bridgehead atoms. The molecule has 0 fully saturated rings. The highest BCUT2D eigenvalue weighted by molar-refractivity contribution is 6.10. The van der Waals surface area contributed by atoms with Crippen LogP contribution in [0.15, 0.2) is 77.9 Å². The lowest BCUT2D eigenvalue weighted by molar-refractivity contribution is 0.0956. The van der Waals surface area contributed by atoms with E-state index in [0.29, 0.717) is 35.2 Å². The van der Waals surface area contributed by atoms with Gasteiger partial charge in [-0.1, -0.05) is 69.3 Å². The van der Waals surface area contributed by atoms with Crippen molar-refractivity contribution in [3.05, 3.63) is 95.1 Å². The van der Waals surface area contributed by atoms with Gasteiger partial charge in [0, 0.05) is 6.54 Å². The Hall–Kier alpha value is -4.72. The lowest BCUT2D eigenvalue weighted by Gasteiger charge is -2.18. The van der Waals surface area contributed by atoms with Crippen LogP contribution in [0, 0.1) is 0 Å². The number of para-hydroxylation sites is 2. The van der Waals surface area contributed by atoms with Crippen molar-refractivity contribution in [2.45, 2.75) is 32.6 Å². The van der Waals surface area contributed by atoms with Gasteiger partial charge in [0.25, 0.3) is 5.91 Å². The molecule has 3 aromatic carbocycles. The van der Waals surface area contributed by atoms with E-state index in [-0.39, 0.29) is 22.7 Å². The number of methoxy groups -OCH3 is 1. The van der Waals surface area contributed by atoms with Crippen LogP contribution in [0.5, 0.6) is 5.75 Å². The Morgan fingerprint density at radius 1 is 1.00 bits per heavy atom. The third kappa shape index (κ3) is 5.45. The molecule has 198 valence electrons.